The van der Waals surface area contributed by atoms with Crippen LogP contribution < -0.4 is 5.32 Å². The number of nitrogens with zero attached hydrogens (tertiary/aromatic N) is 1. The molecule has 26 heavy (non-hydrogen) atoms. The Morgan fingerprint density at radius 3 is 2.54 bits per heavy atom. The normalized spacial score (nSPS) is 10.6. The Balaban J connectivity index is 2.11. The SMILES string of the molecule is CCOC(=O)c1cnc2ccc(Cl)cc2c1Nc1ccc(C(C)=O)cc1. The first kappa shape index (κ1) is 17.9. The van der Waals surface area contributed by atoms with E-state index in [2.05, 4.69) is 10.3 Å². The molecule has 1 heterocycles. The quantitative estimate of drug-likeness (QED) is 0.506. The molecule has 6 heteroatoms. The zero-order chi connectivity index (χ0) is 18.7. The van der Waals surface area contributed by atoms with Gasteiger partial charge >= 0.3 is 5.97 Å². The fourth-order valence-corrected chi connectivity index (χ4v) is 2.77. The van der Waals surface area contributed by atoms with E-state index in [9.17, 15) is 9.59 Å². The van der Waals surface area contributed by atoms with Crippen molar-refractivity contribution in [1.82, 2.24) is 4.98 Å². The third-order valence-corrected chi connectivity index (χ3v) is 4.12. The second-order valence-electron chi connectivity index (χ2n) is 5.69. The number of rotatable bonds is 5. The van der Waals surface area contributed by atoms with Gasteiger partial charge in [0.1, 0.15) is 5.56 Å². The molecule has 0 saturated carbocycles. The van der Waals surface area contributed by atoms with Crippen molar-refractivity contribution in [2.24, 2.45) is 0 Å². The lowest BCUT2D eigenvalue weighted by Gasteiger charge is -2.14. The van der Waals surface area contributed by atoms with Gasteiger partial charge in [0.25, 0.3) is 0 Å². The highest BCUT2D eigenvalue weighted by atomic mass is 35.5. The zero-order valence-corrected chi connectivity index (χ0v) is 15.1. The summed E-state index contributed by atoms with van der Waals surface area (Å²) < 4.78 is 5.14. The molecule has 0 bridgehead atoms. The summed E-state index contributed by atoms with van der Waals surface area (Å²) in [6.07, 6.45) is 1.49. The van der Waals surface area contributed by atoms with Gasteiger partial charge in [0.15, 0.2) is 5.78 Å². The molecule has 0 saturated heterocycles. The lowest BCUT2D eigenvalue weighted by atomic mass is 10.1. The Bertz CT molecular complexity index is 984. The molecule has 0 amide bonds. The topological polar surface area (TPSA) is 68.3 Å². The van der Waals surface area contributed by atoms with Crippen LogP contribution in [0.2, 0.25) is 5.02 Å². The van der Waals surface area contributed by atoms with Crippen LogP contribution in [-0.2, 0) is 4.74 Å². The molecule has 1 aromatic heterocycles. The second-order valence-corrected chi connectivity index (χ2v) is 6.12. The van der Waals surface area contributed by atoms with Crippen molar-refractivity contribution in [3.63, 3.8) is 0 Å². The molecule has 0 spiro atoms. The number of ketones is 1. The van der Waals surface area contributed by atoms with Gasteiger partial charge in [-0.2, -0.15) is 0 Å². The van der Waals surface area contributed by atoms with Crippen molar-refractivity contribution in [3.8, 4) is 0 Å². The molecule has 3 rings (SSSR count). The number of carbonyl (C=O) groups excluding carboxylic acids is 2. The smallest absolute Gasteiger partial charge is 0.341 e. The maximum atomic E-state index is 12.3. The summed E-state index contributed by atoms with van der Waals surface area (Å²) in [5.41, 5.74) is 2.92. The largest absolute Gasteiger partial charge is 0.462 e. The van der Waals surface area contributed by atoms with Crippen LogP contribution in [0.25, 0.3) is 10.9 Å². The van der Waals surface area contributed by atoms with Crippen LogP contribution in [0.15, 0.2) is 48.7 Å². The van der Waals surface area contributed by atoms with E-state index in [0.717, 1.165) is 5.69 Å². The Labute approximate surface area is 156 Å². The molecule has 1 N–H and O–H groups in total. The predicted molar refractivity (Wildman–Crippen MR) is 102 cm³/mol. The van der Waals surface area contributed by atoms with E-state index < -0.39 is 5.97 Å². The molecule has 0 atom stereocenters. The number of carbonyl (C=O) groups is 2. The zero-order valence-electron chi connectivity index (χ0n) is 14.4. The van der Waals surface area contributed by atoms with E-state index in [1.54, 1.807) is 49.4 Å². The maximum absolute atomic E-state index is 12.3. The third kappa shape index (κ3) is 3.68. The molecule has 0 aliphatic heterocycles. The van der Waals surface area contributed by atoms with Crippen molar-refractivity contribution in [2.75, 3.05) is 11.9 Å². The van der Waals surface area contributed by atoms with E-state index in [0.29, 0.717) is 32.7 Å². The van der Waals surface area contributed by atoms with Gasteiger partial charge in [-0.25, -0.2) is 4.79 Å². The lowest BCUT2D eigenvalue weighted by molar-refractivity contribution is 0.0527. The number of aromatic nitrogens is 1. The molecule has 0 fully saturated rings. The Morgan fingerprint density at radius 1 is 1.15 bits per heavy atom. The van der Waals surface area contributed by atoms with Crippen LogP contribution in [0, 0.1) is 0 Å². The number of anilines is 2. The van der Waals surface area contributed by atoms with Gasteiger partial charge in [0.05, 0.1) is 17.8 Å². The molecular weight excluding hydrogens is 352 g/mol. The Kier molecular flexibility index (Phi) is 5.19. The van der Waals surface area contributed by atoms with Crippen molar-refractivity contribution < 1.29 is 14.3 Å². The molecule has 3 aromatic rings. The summed E-state index contributed by atoms with van der Waals surface area (Å²) in [5, 5.41) is 4.48. The number of fused-ring (bicyclic) bond motifs is 1. The fraction of sp³-hybridized carbons (Fsp3) is 0.150. The minimum Gasteiger partial charge on any atom is -0.462 e. The molecular formula is C20H17ClN2O3. The Hall–Kier alpha value is -2.92. The van der Waals surface area contributed by atoms with Gasteiger partial charge in [0, 0.05) is 27.9 Å². The summed E-state index contributed by atoms with van der Waals surface area (Å²) in [4.78, 5) is 28.1. The molecule has 0 unspecified atom stereocenters. The number of hydrogen-bond donors (Lipinski definition) is 1. The van der Waals surface area contributed by atoms with E-state index in [1.807, 2.05) is 0 Å². The molecule has 0 aliphatic rings. The maximum Gasteiger partial charge on any atom is 0.341 e. The van der Waals surface area contributed by atoms with Crippen LogP contribution in [0.5, 0.6) is 0 Å². The van der Waals surface area contributed by atoms with Crippen molar-refractivity contribution >= 4 is 45.6 Å². The van der Waals surface area contributed by atoms with Crippen LogP contribution in [0.3, 0.4) is 0 Å². The first-order chi connectivity index (χ1) is 12.5. The van der Waals surface area contributed by atoms with Gasteiger partial charge in [0.2, 0.25) is 0 Å². The number of ether oxygens (including phenoxy) is 1. The standard InChI is InChI=1S/C20H17ClN2O3/c1-3-26-20(25)17-11-22-18-9-6-14(21)10-16(18)19(17)23-15-7-4-13(5-8-15)12(2)24/h4-11H,3H2,1-2H3,(H,22,23). The van der Waals surface area contributed by atoms with Gasteiger partial charge in [-0.3, -0.25) is 9.78 Å². The summed E-state index contributed by atoms with van der Waals surface area (Å²) in [6.45, 7) is 3.52. The monoisotopic (exact) mass is 368 g/mol. The average molecular weight is 369 g/mol. The summed E-state index contributed by atoms with van der Waals surface area (Å²) in [6, 6.07) is 12.3. The number of pyridine rings is 1. The van der Waals surface area contributed by atoms with Crippen molar-refractivity contribution in [3.05, 3.63) is 64.8 Å². The number of esters is 1. The van der Waals surface area contributed by atoms with Gasteiger partial charge in [-0.05, 0) is 56.3 Å². The average Bonchev–Trinajstić information content (AvgIpc) is 2.62. The van der Waals surface area contributed by atoms with E-state index in [4.69, 9.17) is 16.3 Å². The van der Waals surface area contributed by atoms with Crippen molar-refractivity contribution in [2.45, 2.75) is 13.8 Å². The molecule has 0 radical (unpaired) electrons. The highest BCUT2D eigenvalue weighted by molar-refractivity contribution is 6.31. The van der Waals surface area contributed by atoms with Crippen LogP contribution >= 0.6 is 11.6 Å². The molecule has 0 aliphatic carbocycles. The lowest BCUT2D eigenvalue weighted by Crippen LogP contribution is -2.09. The predicted octanol–water partition coefficient (Wildman–Crippen LogP) is 5.01. The molecule has 2 aromatic carbocycles. The highest BCUT2D eigenvalue weighted by Gasteiger charge is 2.17. The highest BCUT2D eigenvalue weighted by Crippen LogP contribution is 2.31. The van der Waals surface area contributed by atoms with E-state index in [1.165, 1.54) is 13.1 Å². The van der Waals surface area contributed by atoms with E-state index >= 15 is 0 Å². The van der Waals surface area contributed by atoms with Crippen LogP contribution in [0.1, 0.15) is 34.6 Å². The molecule has 5 nitrogen and oxygen atoms in total. The van der Waals surface area contributed by atoms with Gasteiger partial charge < -0.3 is 10.1 Å². The van der Waals surface area contributed by atoms with Crippen molar-refractivity contribution in [1.29, 1.82) is 0 Å². The summed E-state index contributed by atoms with van der Waals surface area (Å²) >= 11 is 6.13. The summed E-state index contributed by atoms with van der Waals surface area (Å²) in [5.74, 6) is -0.477. The minimum absolute atomic E-state index is 0.00935. The third-order valence-electron chi connectivity index (χ3n) is 3.89. The first-order valence-corrected chi connectivity index (χ1v) is 8.50. The number of hydrogen-bond acceptors (Lipinski definition) is 5. The number of nitrogens with one attached hydrogen (secondary N) is 1. The van der Waals surface area contributed by atoms with E-state index in [-0.39, 0.29) is 12.4 Å². The fourth-order valence-electron chi connectivity index (χ4n) is 2.60. The van der Waals surface area contributed by atoms with Crippen LogP contribution in [0.4, 0.5) is 11.4 Å². The van der Waals surface area contributed by atoms with Crippen LogP contribution in [-0.4, -0.2) is 23.3 Å². The van der Waals surface area contributed by atoms with Gasteiger partial charge in [-0.15, -0.1) is 0 Å². The van der Waals surface area contributed by atoms with Gasteiger partial charge in [-0.1, -0.05) is 11.6 Å². The second kappa shape index (κ2) is 7.54. The number of benzene rings is 2. The first-order valence-electron chi connectivity index (χ1n) is 8.13. The molecule has 132 valence electrons. The minimum atomic E-state index is -0.468. The number of Topliss-reactive ketones (excluding diaryl/α,β-unsaturated/α-hetero) is 1. The number of halogens is 1. The Morgan fingerprint density at radius 2 is 1.88 bits per heavy atom. The summed E-state index contributed by atoms with van der Waals surface area (Å²) in [7, 11) is 0.